The van der Waals surface area contributed by atoms with Crippen LogP contribution in [0.1, 0.15) is 63.8 Å². The van der Waals surface area contributed by atoms with Crippen LogP contribution in [0, 0.1) is 13.8 Å². The molecular formula is C23H33O6P. The Bertz CT molecular complexity index is 853. The predicted octanol–water partition coefficient (Wildman–Crippen LogP) is 6.97. The van der Waals surface area contributed by atoms with Gasteiger partial charge < -0.3 is 9.78 Å². The zero-order valence-electron chi connectivity index (χ0n) is 19.4. The molecule has 2 aromatic carbocycles. The van der Waals surface area contributed by atoms with Crippen molar-refractivity contribution >= 4 is 7.82 Å². The SMILES string of the molecule is COP(=O)(OOc1ccc(C(C)(C)C)cc1C)OOc1ccc(C(C)(C)C)cc1C. The molecule has 7 heteroatoms. The fourth-order valence-electron chi connectivity index (χ4n) is 2.66. The van der Waals surface area contributed by atoms with Gasteiger partial charge >= 0.3 is 7.82 Å². The lowest BCUT2D eigenvalue weighted by atomic mass is 9.86. The average Bonchev–Trinajstić information content (AvgIpc) is 2.64. The van der Waals surface area contributed by atoms with Gasteiger partial charge in [0.25, 0.3) is 0 Å². The van der Waals surface area contributed by atoms with Gasteiger partial charge in [0.2, 0.25) is 0 Å². The lowest BCUT2D eigenvalue weighted by Gasteiger charge is -2.21. The minimum Gasteiger partial charge on any atom is -0.327 e. The highest BCUT2D eigenvalue weighted by atomic mass is 31.2. The average molecular weight is 436 g/mol. The molecule has 0 amide bonds. The molecule has 0 heterocycles. The summed E-state index contributed by atoms with van der Waals surface area (Å²) in [7, 11) is -2.91. The van der Waals surface area contributed by atoms with Crippen LogP contribution >= 0.6 is 7.82 Å². The third-order valence-corrected chi connectivity index (χ3v) is 5.70. The largest absolute Gasteiger partial charge is 0.546 e. The van der Waals surface area contributed by atoms with E-state index in [-0.39, 0.29) is 10.8 Å². The van der Waals surface area contributed by atoms with E-state index in [1.54, 1.807) is 12.1 Å². The van der Waals surface area contributed by atoms with E-state index in [4.69, 9.17) is 23.6 Å². The lowest BCUT2D eigenvalue weighted by molar-refractivity contribution is -0.191. The molecule has 0 fully saturated rings. The minimum atomic E-state index is -4.10. The van der Waals surface area contributed by atoms with Crippen molar-refractivity contribution in [3.05, 3.63) is 58.7 Å². The molecule has 0 aromatic heterocycles. The van der Waals surface area contributed by atoms with Gasteiger partial charge in [0.05, 0.1) is 0 Å². The molecule has 0 saturated carbocycles. The molecule has 0 bridgehead atoms. The molecule has 0 aliphatic heterocycles. The molecule has 0 unspecified atom stereocenters. The van der Waals surface area contributed by atoms with E-state index < -0.39 is 7.82 Å². The summed E-state index contributed by atoms with van der Waals surface area (Å²) >= 11 is 0. The van der Waals surface area contributed by atoms with Crippen LogP contribution in [0.15, 0.2) is 36.4 Å². The summed E-state index contributed by atoms with van der Waals surface area (Å²) in [6.45, 7) is 16.5. The Kier molecular flexibility index (Phi) is 7.41. The quantitative estimate of drug-likeness (QED) is 0.265. The molecule has 0 N–H and O–H groups in total. The smallest absolute Gasteiger partial charge is 0.327 e. The van der Waals surface area contributed by atoms with Gasteiger partial charge in [-0.3, -0.25) is 4.52 Å². The standard InChI is InChI=1S/C23H33O6P/c1-16-14-18(22(3,4)5)10-12-20(16)26-28-30(24,25-9)29-27-21-13-11-19(15-17(21)2)23(6,7)8/h10-15H,1-9H3. The Morgan fingerprint density at radius 3 is 1.33 bits per heavy atom. The van der Waals surface area contributed by atoms with Crippen LogP contribution in [0.2, 0.25) is 0 Å². The number of hydrogen-bond acceptors (Lipinski definition) is 6. The van der Waals surface area contributed by atoms with Crippen molar-refractivity contribution < 1.29 is 28.2 Å². The highest BCUT2D eigenvalue weighted by Gasteiger charge is 2.31. The first kappa shape index (κ1) is 24.4. The van der Waals surface area contributed by atoms with E-state index in [0.717, 1.165) is 22.3 Å². The van der Waals surface area contributed by atoms with Crippen molar-refractivity contribution in [1.82, 2.24) is 0 Å². The maximum atomic E-state index is 12.7. The van der Waals surface area contributed by atoms with Crippen molar-refractivity contribution in [2.75, 3.05) is 7.11 Å². The molecule has 0 spiro atoms. The monoisotopic (exact) mass is 436 g/mol. The van der Waals surface area contributed by atoms with Gasteiger partial charge in [0.15, 0.2) is 11.5 Å². The van der Waals surface area contributed by atoms with Crippen LogP contribution in [0.25, 0.3) is 0 Å². The van der Waals surface area contributed by atoms with Gasteiger partial charge in [-0.05, 0) is 59.1 Å². The van der Waals surface area contributed by atoms with Crippen molar-refractivity contribution in [3.8, 4) is 11.5 Å². The van der Waals surface area contributed by atoms with Crippen molar-refractivity contribution in [2.24, 2.45) is 0 Å². The Morgan fingerprint density at radius 2 is 1.07 bits per heavy atom. The predicted molar refractivity (Wildman–Crippen MR) is 118 cm³/mol. The first-order chi connectivity index (χ1) is 13.7. The van der Waals surface area contributed by atoms with E-state index in [2.05, 4.69) is 41.5 Å². The second kappa shape index (κ2) is 9.11. The minimum absolute atomic E-state index is 0.00329. The summed E-state index contributed by atoms with van der Waals surface area (Å²) in [6, 6.07) is 11.4. The summed E-state index contributed by atoms with van der Waals surface area (Å²) in [5, 5.41) is 0. The van der Waals surface area contributed by atoms with Gasteiger partial charge in [-0.25, -0.2) is 4.57 Å². The van der Waals surface area contributed by atoms with Crippen LogP contribution in [0.5, 0.6) is 11.5 Å². The number of benzene rings is 2. The number of hydrogen-bond donors (Lipinski definition) is 0. The third kappa shape index (κ3) is 6.32. The zero-order valence-corrected chi connectivity index (χ0v) is 20.3. The van der Waals surface area contributed by atoms with E-state index in [0.29, 0.717) is 11.5 Å². The van der Waals surface area contributed by atoms with Crippen LogP contribution < -0.4 is 9.78 Å². The van der Waals surface area contributed by atoms with Gasteiger partial charge in [-0.2, -0.15) is 0 Å². The van der Waals surface area contributed by atoms with Gasteiger partial charge in [0, 0.05) is 7.11 Å². The Hall–Kier alpha value is -1.85. The first-order valence-corrected chi connectivity index (χ1v) is 11.3. The molecule has 2 rings (SSSR count). The topological polar surface area (TPSA) is 63.2 Å². The summed E-state index contributed by atoms with van der Waals surface area (Å²) in [6.07, 6.45) is 0. The Balaban J connectivity index is 2.06. The zero-order chi connectivity index (χ0) is 22.7. The van der Waals surface area contributed by atoms with Gasteiger partial charge in [0.1, 0.15) is 0 Å². The van der Waals surface area contributed by atoms with Crippen LogP contribution in [-0.4, -0.2) is 7.11 Å². The molecule has 0 aliphatic carbocycles. The molecule has 0 saturated heterocycles. The molecular weight excluding hydrogens is 403 g/mol. The van der Waals surface area contributed by atoms with Gasteiger partial charge in [-0.15, -0.1) is 0 Å². The third-order valence-electron chi connectivity index (χ3n) is 4.74. The molecule has 0 aliphatic rings. The highest BCUT2D eigenvalue weighted by Crippen LogP contribution is 2.49. The maximum Gasteiger partial charge on any atom is 0.546 e. The second-order valence-electron chi connectivity index (χ2n) is 9.41. The number of aryl methyl sites for hydroxylation is 2. The molecule has 2 aromatic rings. The first-order valence-electron chi connectivity index (χ1n) is 9.86. The fraction of sp³-hybridized carbons (Fsp3) is 0.478. The maximum absolute atomic E-state index is 12.7. The van der Waals surface area contributed by atoms with E-state index in [1.165, 1.54) is 7.11 Å². The molecule has 166 valence electrons. The lowest BCUT2D eigenvalue weighted by Crippen LogP contribution is -2.12. The van der Waals surface area contributed by atoms with Crippen molar-refractivity contribution in [3.63, 3.8) is 0 Å². The van der Waals surface area contributed by atoms with Crippen molar-refractivity contribution in [2.45, 2.75) is 66.2 Å². The van der Waals surface area contributed by atoms with Crippen LogP contribution in [-0.2, 0) is 29.3 Å². The summed E-state index contributed by atoms with van der Waals surface area (Å²) in [5.74, 6) is 0.823. The Morgan fingerprint density at radius 1 is 0.700 bits per heavy atom. The van der Waals surface area contributed by atoms with E-state index in [1.807, 2.05) is 38.1 Å². The molecule has 30 heavy (non-hydrogen) atoms. The fourth-order valence-corrected chi connectivity index (χ4v) is 3.15. The second-order valence-corrected chi connectivity index (χ2v) is 11.0. The highest BCUT2D eigenvalue weighted by molar-refractivity contribution is 7.48. The van der Waals surface area contributed by atoms with Gasteiger partial charge in [-0.1, -0.05) is 75.2 Å². The molecule has 0 atom stereocenters. The Labute approximate surface area is 179 Å². The van der Waals surface area contributed by atoms with Crippen molar-refractivity contribution in [1.29, 1.82) is 0 Å². The summed E-state index contributed by atoms with van der Waals surface area (Å²) in [4.78, 5) is 10.5. The molecule has 6 nitrogen and oxygen atoms in total. The summed E-state index contributed by atoms with van der Waals surface area (Å²) in [5.41, 5.74) is 3.97. The number of rotatable bonds is 7. The number of phosphoric acid groups is 1. The van der Waals surface area contributed by atoms with E-state index >= 15 is 0 Å². The summed E-state index contributed by atoms with van der Waals surface area (Å²) < 4.78 is 27.6. The van der Waals surface area contributed by atoms with Crippen LogP contribution in [0.3, 0.4) is 0 Å². The van der Waals surface area contributed by atoms with E-state index in [9.17, 15) is 4.57 Å². The normalized spacial score (nSPS) is 12.7. The van der Waals surface area contributed by atoms with Crippen LogP contribution in [0.4, 0.5) is 0 Å². The molecule has 0 radical (unpaired) electrons.